The molecule has 0 aliphatic heterocycles. The summed E-state index contributed by atoms with van der Waals surface area (Å²) >= 11 is 7.74. The number of benzene rings is 1. The molecule has 1 aromatic heterocycles. The van der Waals surface area contributed by atoms with E-state index < -0.39 is 0 Å². The van der Waals surface area contributed by atoms with Gasteiger partial charge in [-0.05, 0) is 37.1 Å². The van der Waals surface area contributed by atoms with Gasteiger partial charge in [-0.15, -0.1) is 0 Å². The maximum Gasteiger partial charge on any atom is 0.104 e. The zero-order chi connectivity index (χ0) is 13.0. The molecule has 1 atom stereocenters. The molecule has 2 nitrogen and oxygen atoms in total. The predicted molar refractivity (Wildman–Crippen MR) is 77.2 cm³/mol. The molecule has 0 fully saturated rings. The Labute approximate surface area is 117 Å². The van der Waals surface area contributed by atoms with Crippen molar-refractivity contribution in [1.82, 2.24) is 4.98 Å². The lowest BCUT2D eigenvalue weighted by Crippen LogP contribution is -2.18. The minimum atomic E-state index is 0.125. The molecule has 94 valence electrons. The van der Waals surface area contributed by atoms with Gasteiger partial charge in [0.05, 0.1) is 5.02 Å². The highest BCUT2D eigenvalue weighted by Crippen LogP contribution is 2.33. The SMILES string of the molecule is CC(N)Cc1cccnc1Sc1ccccc1Cl. The summed E-state index contributed by atoms with van der Waals surface area (Å²) in [6, 6.07) is 11.9. The van der Waals surface area contributed by atoms with Crippen molar-refractivity contribution >= 4 is 23.4 Å². The highest BCUT2D eigenvalue weighted by atomic mass is 35.5. The lowest BCUT2D eigenvalue weighted by molar-refractivity contribution is 0.722. The first-order valence-electron chi connectivity index (χ1n) is 5.78. The summed E-state index contributed by atoms with van der Waals surface area (Å²) in [5.41, 5.74) is 7.02. The molecule has 2 N–H and O–H groups in total. The average Bonchev–Trinajstić information content (AvgIpc) is 2.34. The topological polar surface area (TPSA) is 38.9 Å². The van der Waals surface area contributed by atoms with Crippen LogP contribution in [0.2, 0.25) is 5.02 Å². The minimum Gasteiger partial charge on any atom is -0.328 e. The number of hydrogen-bond acceptors (Lipinski definition) is 3. The first-order chi connectivity index (χ1) is 8.66. The molecule has 1 aromatic carbocycles. The van der Waals surface area contributed by atoms with Gasteiger partial charge in [0.1, 0.15) is 5.03 Å². The molecule has 0 aliphatic rings. The first kappa shape index (κ1) is 13.4. The van der Waals surface area contributed by atoms with E-state index in [0.29, 0.717) is 0 Å². The second-order valence-electron chi connectivity index (χ2n) is 4.18. The van der Waals surface area contributed by atoms with Crippen molar-refractivity contribution < 1.29 is 0 Å². The monoisotopic (exact) mass is 278 g/mol. The molecule has 18 heavy (non-hydrogen) atoms. The van der Waals surface area contributed by atoms with Crippen molar-refractivity contribution in [3.63, 3.8) is 0 Å². The molecule has 2 aromatic rings. The van der Waals surface area contributed by atoms with Crippen molar-refractivity contribution in [2.75, 3.05) is 0 Å². The van der Waals surface area contributed by atoms with Gasteiger partial charge in [-0.3, -0.25) is 0 Å². The van der Waals surface area contributed by atoms with Crippen LogP contribution in [0.3, 0.4) is 0 Å². The Hall–Kier alpha value is -1.03. The molecule has 4 heteroatoms. The number of nitrogens with zero attached hydrogens (tertiary/aromatic N) is 1. The molecular formula is C14H15ClN2S. The summed E-state index contributed by atoms with van der Waals surface area (Å²) in [6.45, 7) is 2.00. The first-order valence-corrected chi connectivity index (χ1v) is 6.98. The van der Waals surface area contributed by atoms with E-state index in [1.165, 1.54) is 0 Å². The third-order valence-corrected chi connectivity index (χ3v) is 4.01. The van der Waals surface area contributed by atoms with E-state index in [4.69, 9.17) is 17.3 Å². The fourth-order valence-corrected chi connectivity index (χ4v) is 2.82. The van der Waals surface area contributed by atoms with Crippen LogP contribution < -0.4 is 5.73 Å². The Balaban J connectivity index is 2.26. The molecule has 0 amide bonds. The van der Waals surface area contributed by atoms with Crippen molar-refractivity contribution in [1.29, 1.82) is 0 Å². The maximum atomic E-state index is 6.16. The Bertz CT molecular complexity index is 529. The summed E-state index contributed by atoms with van der Waals surface area (Å²) in [5, 5.41) is 1.72. The van der Waals surface area contributed by atoms with Gasteiger partial charge in [0.25, 0.3) is 0 Å². The average molecular weight is 279 g/mol. The van der Waals surface area contributed by atoms with E-state index >= 15 is 0 Å². The van der Waals surface area contributed by atoms with Crippen LogP contribution >= 0.6 is 23.4 Å². The molecule has 0 saturated heterocycles. The molecule has 0 spiro atoms. The third-order valence-electron chi connectivity index (χ3n) is 2.44. The summed E-state index contributed by atoms with van der Waals surface area (Å²) in [7, 11) is 0. The van der Waals surface area contributed by atoms with E-state index in [1.54, 1.807) is 18.0 Å². The number of aromatic nitrogens is 1. The van der Waals surface area contributed by atoms with Crippen LogP contribution in [0, 0.1) is 0 Å². The lowest BCUT2D eigenvalue weighted by atomic mass is 10.1. The molecule has 1 unspecified atom stereocenters. The van der Waals surface area contributed by atoms with E-state index in [0.717, 1.165) is 26.9 Å². The summed E-state index contributed by atoms with van der Waals surface area (Å²) in [4.78, 5) is 5.43. The number of nitrogens with two attached hydrogens (primary N) is 1. The van der Waals surface area contributed by atoms with Crippen molar-refractivity contribution in [3.05, 3.63) is 53.2 Å². The van der Waals surface area contributed by atoms with E-state index in [-0.39, 0.29) is 6.04 Å². The van der Waals surface area contributed by atoms with E-state index in [9.17, 15) is 0 Å². The van der Waals surface area contributed by atoms with Gasteiger partial charge in [0.15, 0.2) is 0 Å². The van der Waals surface area contributed by atoms with Gasteiger partial charge < -0.3 is 5.73 Å². The quantitative estimate of drug-likeness (QED) is 0.925. The summed E-state index contributed by atoms with van der Waals surface area (Å²) in [5.74, 6) is 0. The van der Waals surface area contributed by atoms with Gasteiger partial charge in [-0.25, -0.2) is 4.98 Å². The number of rotatable bonds is 4. The van der Waals surface area contributed by atoms with E-state index in [2.05, 4.69) is 11.1 Å². The highest BCUT2D eigenvalue weighted by molar-refractivity contribution is 7.99. The van der Waals surface area contributed by atoms with Crippen LogP contribution in [0.1, 0.15) is 12.5 Å². The number of hydrogen-bond donors (Lipinski definition) is 1. The Morgan fingerprint density at radius 3 is 2.78 bits per heavy atom. The lowest BCUT2D eigenvalue weighted by Gasteiger charge is -2.10. The van der Waals surface area contributed by atoms with Crippen LogP contribution in [0.5, 0.6) is 0 Å². The minimum absolute atomic E-state index is 0.125. The van der Waals surface area contributed by atoms with Crippen molar-refractivity contribution in [2.45, 2.75) is 29.3 Å². The third kappa shape index (κ3) is 3.48. The molecule has 0 aliphatic carbocycles. The number of pyridine rings is 1. The molecule has 2 rings (SSSR count). The maximum absolute atomic E-state index is 6.16. The van der Waals surface area contributed by atoms with Crippen LogP contribution in [0.15, 0.2) is 52.5 Å². The molecule has 0 radical (unpaired) electrons. The van der Waals surface area contributed by atoms with Gasteiger partial charge in [0, 0.05) is 17.1 Å². The van der Waals surface area contributed by atoms with Gasteiger partial charge in [0.2, 0.25) is 0 Å². The molecule has 0 bridgehead atoms. The second-order valence-corrected chi connectivity index (χ2v) is 5.62. The van der Waals surface area contributed by atoms with Crippen LogP contribution in [-0.4, -0.2) is 11.0 Å². The largest absolute Gasteiger partial charge is 0.328 e. The van der Waals surface area contributed by atoms with E-state index in [1.807, 2.05) is 37.3 Å². The van der Waals surface area contributed by atoms with Crippen molar-refractivity contribution in [3.8, 4) is 0 Å². The zero-order valence-electron chi connectivity index (χ0n) is 10.1. The van der Waals surface area contributed by atoms with Crippen LogP contribution in [0.4, 0.5) is 0 Å². The summed E-state index contributed by atoms with van der Waals surface area (Å²) in [6.07, 6.45) is 2.62. The van der Waals surface area contributed by atoms with Crippen molar-refractivity contribution in [2.24, 2.45) is 5.73 Å². The highest BCUT2D eigenvalue weighted by Gasteiger charge is 2.09. The van der Waals surface area contributed by atoms with Crippen LogP contribution in [0.25, 0.3) is 0 Å². The predicted octanol–water partition coefficient (Wildman–Crippen LogP) is 3.78. The normalized spacial score (nSPS) is 12.4. The molecule has 1 heterocycles. The Morgan fingerprint density at radius 1 is 1.28 bits per heavy atom. The summed E-state index contributed by atoms with van der Waals surface area (Å²) < 4.78 is 0. The van der Waals surface area contributed by atoms with Gasteiger partial charge in [-0.2, -0.15) is 0 Å². The Morgan fingerprint density at radius 2 is 2.06 bits per heavy atom. The van der Waals surface area contributed by atoms with Crippen LogP contribution in [-0.2, 0) is 6.42 Å². The fourth-order valence-electron chi connectivity index (χ4n) is 1.65. The standard InChI is InChI=1S/C14H15ClN2S/c1-10(16)9-11-5-4-8-17-14(11)18-13-7-3-2-6-12(13)15/h2-8,10H,9,16H2,1H3. The second kappa shape index (κ2) is 6.23. The zero-order valence-corrected chi connectivity index (χ0v) is 11.7. The number of halogens is 1. The molecular weight excluding hydrogens is 264 g/mol. The van der Waals surface area contributed by atoms with Gasteiger partial charge in [-0.1, -0.05) is 41.6 Å². The molecule has 0 saturated carbocycles. The van der Waals surface area contributed by atoms with Gasteiger partial charge >= 0.3 is 0 Å². The fraction of sp³-hybridized carbons (Fsp3) is 0.214. The Kier molecular flexibility index (Phi) is 4.64. The smallest absolute Gasteiger partial charge is 0.104 e.